The van der Waals surface area contributed by atoms with Gasteiger partial charge in [-0.1, -0.05) is 26.0 Å². The molecule has 3 aromatic rings. The van der Waals surface area contributed by atoms with Crippen LogP contribution in [0.1, 0.15) is 47.4 Å². The monoisotopic (exact) mass is 355 g/mol. The molecule has 1 amide bonds. The van der Waals surface area contributed by atoms with Gasteiger partial charge in [0.1, 0.15) is 18.0 Å². The second-order valence-corrected chi connectivity index (χ2v) is 6.62. The number of carbonyl (C=O) groups is 2. The molecule has 1 aromatic carbocycles. The Balaban J connectivity index is 1.90. The predicted octanol–water partition coefficient (Wildman–Crippen LogP) is 3.22. The number of para-hydroxylation sites is 2. The van der Waals surface area contributed by atoms with E-state index >= 15 is 0 Å². The van der Waals surface area contributed by atoms with Gasteiger partial charge in [0.2, 0.25) is 0 Å². The van der Waals surface area contributed by atoms with Gasteiger partial charge in [0.05, 0.1) is 28.9 Å². The first-order chi connectivity index (χ1) is 12.4. The third-order valence-corrected chi connectivity index (χ3v) is 4.25. The minimum atomic E-state index is -1.05. The second-order valence-electron chi connectivity index (χ2n) is 6.62. The minimum Gasteiger partial charge on any atom is -0.481 e. The van der Waals surface area contributed by atoms with Gasteiger partial charge in [0, 0.05) is 5.56 Å². The second kappa shape index (κ2) is 7.03. The number of aromatic amines is 1. The Morgan fingerprint density at radius 3 is 2.69 bits per heavy atom. The van der Waals surface area contributed by atoms with E-state index in [9.17, 15) is 9.59 Å². The van der Waals surface area contributed by atoms with Crippen LogP contribution in [-0.4, -0.2) is 27.0 Å². The largest absolute Gasteiger partial charge is 0.481 e. The van der Waals surface area contributed by atoms with Crippen LogP contribution in [0.4, 0.5) is 0 Å². The van der Waals surface area contributed by atoms with Gasteiger partial charge in [-0.05, 0) is 25.0 Å². The maximum Gasteiger partial charge on any atom is 0.311 e. The molecule has 3 rings (SSSR count). The normalized spacial score (nSPS) is 12.5. The van der Waals surface area contributed by atoms with Crippen molar-refractivity contribution in [2.24, 2.45) is 5.92 Å². The van der Waals surface area contributed by atoms with Crippen LogP contribution in [0.5, 0.6) is 0 Å². The minimum absolute atomic E-state index is 0.0784. The van der Waals surface area contributed by atoms with Crippen LogP contribution in [0.2, 0.25) is 0 Å². The summed E-state index contributed by atoms with van der Waals surface area (Å²) in [6, 6.07) is 7.31. The number of furan rings is 1. The predicted molar refractivity (Wildman–Crippen MR) is 95.9 cm³/mol. The molecule has 2 heterocycles. The third-order valence-electron chi connectivity index (χ3n) is 4.25. The number of hydrogen-bond acceptors (Lipinski definition) is 4. The summed E-state index contributed by atoms with van der Waals surface area (Å²) in [5, 5.41) is 12.0. The molecule has 0 fully saturated rings. The van der Waals surface area contributed by atoms with E-state index in [0.717, 1.165) is 11.0 Å². The number of aromatic nitrogens is 2. The van der Waals surface area contributed by atoms with Gasteiger partial charge in [0.15, 0.2) is 0 Å². The quantitative estimate of drug-likeness (QED) is 0.629. The lowest BCUT2D eigenvalue weighted by molar-refractivity contribution is -0.136. The zero-order valence-electron chi connectivity index (χ0n) is 14.9. The number of aliphatic carboxylic acids is 1. The van der Waals surface area contributed by atoms with E-state index in [1.807, 2.05) is 38.1 Å². The molecule has 0 bridgehead atoms. The number of rotatable bonds is 6. The zero-order chi connectivity index (χ0) is 18.8. The molecule has 26 heavy (non-hydrogen) atoms. The number of carboxylic acid groups (broad SMARTS) is 1. The van der Waals surface area contributed by atoms with E-state index in [1.54, 1.807) is 6.92 Å². The van der Waals surface area contributed by atoms with E-state index in [1.165, 1.54) is 6.26 Å². The van der Waals surface area contributed by atoms with Gasteiger partial charge < -0.3 is 19.8 Å². The summed E-state index contributed by atoms with van der Waals surface area (Å²) in [7, 11) is 0. The molecule has 136 valence electrons. The molecule has 7 nitrogen and oxygen atoms in total. The molecule has 0 aliphatic carbocycles. The molecular formula is C19H21N3O4. The van der Waals surface area contributed by atoms with E-state index < -0.39 is 5.97 Å². The Morgan fingerprint density at radius 2 is 2.04 bits per heavy atom. The summed E-state index contributed by atoms with van der Waals surface area (Å²) >= 11 is 0. The highest BCUT2D eigenvalue weighted by atomic mass is 16.4. The molecule has 0 aliphatic heterocycles. The standard InChI is InChI=1S/C19H21N3O4/c1-10(2)17(18-20-12-6-4-5-7-13(12)21-18)22-19(25)16-11(3)9-26-14(16)8-15(23)24/h4-7,9-10,17H,8H2,1-3H3,(H,20,21)(H,22,25)(H,23,24). The van der Waals surface area contributed by atoms with Crippen molar-refractivity contribution in [2.45, 2.75) is 33.2 Å². The van der Waals surface area contributed by atoms with E-state index in [2.05, 4.69) is 15.3 Å². The van der Waals surface area contributed by atoms with Crippen LogP contribution in [0, 0.1) is 12.8 Å². The topological polar surface area (TPSA) is 108 Å². The number of aryl methyl sites for hydroxylation is 1. The molecule has 3 N–H and O–H groups in total. The fourth-order valence-corrected chi connectivity index (χ4v) is 2.95. The van der Waals surface area contributed by atoms with Crippen molar-refractivity contribution in [2.75, 3.05) is 0 Å². The van der Waals surface area contributed by atoms with Crippen molar-refractivity contribution in [1.29, 1.82) is 0 Å². The number of nitrogens with one attached hydrogen (secondary N) is 2. The molecule has 0 aliphatic rings. The molecule has 1 unspecified atom stereocenters. The maximum absolute atomic E-state index is 12.8. The fraction of sp³-hybridized carbons (Fsp3) is 0.316. The highest BCUT2D eigenvalue weighted by Gasteiger charge is 2.26. The molecule has 0 saturated heterocycles. The van der Waals surface area contributed by atoms with E-state index in [-0.39, 0.29) is 35.6 Å². The molecule has 7 heteroatoms. The van der Waals surface area contributed by atoms with Crippen molar-refractivity contribution in [3.05, 3.63) is 53.2 Å². The Kier molecular flexibility index (Phi) is 4.79. The number of benzene rings is 1. The summed E-state index contributed by atoms with van der Waals surface area (Å²) in [5.74, 6) is -0.525. The van der Waals surface area contributed by atoms with Crippen LogP contribution < -0.4 is 5.32 Å². The molecule has 1 atom stereocenters. The van der Waals surface area contributed by atoms with Gasteiger partial charge in [0.25, 0.3) is 5.91 Å². The van der Waals surface area contributed by atoms with Crippen molar-refractivity contribution in [3.63, 3.8) is 0 Å². The highest BCUT2D eigenvalue weighted by molar-refractivity contribution is 5.97. The Morgan fingerprint density at radius 1 is 1.31 bits per heavy atom. The van der Waals surface area contributed by atoms with Crippen molar-refractivity contribution in [1.82, 2.24) is 15.3 Å². The lowest BCUT2D eigenvalue weighted by Gasteiger charge is -2.20. The van der Waals surface area contributed by atoms with Crippen molar-refractivity contribution >= 4 is 22.9 Å². The number of H-pyrrole nitrogens is 1. The summed E-state index contributed by atoms with van der Waals surface area (Å²) in [6.07, 6.45) is 1.06. The van der Waals surface area contributed by atoms with Crippen LogP contribution in [0.15, 0.2) is 34.9 Å². The fourth-order valence-electron chi connectivity index (χ4n) is 2.95. The molecule has 0 spiro atoms. The summed E-state index contributed by atoms with van der Waals surface area (Å²) in [6.45, 7) is 5.69. The molecule has 0 saturated carbocycles. The SMILES string of the molecule is Cc1coc(CC(=O)O)c1C(=O)NC(c1nc2ccccc2[nH]1)C(C)C. The first-order valence-corrected chi connectivity index (χ1v) is 8.41. The first-order valence-electron chi connectivity index (χ1n) is 8.41. The first kappa shape index (κ1) is 17.7. The van der Waals surface area contributed by atoms with E-state index in [4.69, 9.17) is 9.52 Å². The summed E-state index contributed by atoms with van der Waals surface area (Å²) in [4.78, 5) is 31.6. The third kappa shape index (κ3) is 3.46. The molecule has 0 radical (unpaired) electrons. The Hall–Kier alpha value is -3.09. The number of carbonyl (C=O) groups excluding carboxylic acids is 1. The van der Waals surface area contributed by atoms with Gasteiger partial charge >= 0.3 is 5.97 Å². The smallest absolute Gasteiger partial charge is 0.311 e. The molecule has 2 aromatic heterocycles. The van der Waals surface area contributed by atoms with Crippen LogP contribution in [-0.2, 0) is 11.2 Å². The number of nitrogens with zero attached hydrogens (tertiary/aromatic N) is 1. The van der Waals surface area contributed by atoms with Gasteiger partial charge in [-0.25, -0.2) is 4.98 Å². The van der Waals surface area contributed by atoms with Crippen LogP contribution in [0.25, 0.3) is 11.0 Å². The van der Waals surface area contributed by atoms with Gasteiger partial charge in [-0.15, -0.1) is 0 Å². The van der Waals surface area contributed by atoms with E-state index in [0.29, 0.717) is 11.4 Å². The average molecular weight is 355 g/mol. The van der Waals surface area contributed by atoms with Crippen molar-refractivity contribution < 1.29 is 19.1 Å². The summed E-state index contributed by atoms with van der Waals surface area (Å²) < 4.78 is 5.26. The Bertz CT molecular complexity index is 922. The number of imidazole rings is 1. The number of fused-ring (bicyclic) bond motifs is 1. The lowest BCUT2D eigenvalue weighted by atomic mass is 10.0. The average Bonchev–Trinajstić information content (AvgIpc) is 3.15. The highest BCUT2D eigenvalue weighted by Crippen LogP contribution is 2.24. The number of hydrogen-bond donors (Lipinski definition) is 3. The Labute approximate surface area is 150 Å². The number of amides is 1. The van der Waals surface area contributed by atoms with Gasteiger partial charge in [-0.2, -0.15) is 0 Å². The number of carboxylic acids is 1. The van der Waals surface area contributed by atoms with Crippen LogP contribution >= 0.6 is 0 Å². The van der Waals surface area contributed by atoms with Gasteiger partial charge in [-0.3, -0.25) is 9.59 Å². The lowest BCUT2D eigenvalue weighted by Crippen LogP contribution is -2.33. The summed E-state index contributed by atoms with van der Waals surface area (Å²) in [5.41, 5.74) is 2.60. The van der Waals surface area contributed by atoms with Crippen LogP contribution in [0.3, 0.4) is 0 Å². The maximum atomic E-state index is 12.8. The zero-order valence-corrected chi connectivity index (χ0v) is 14.9. The molecular weight excluding hydrogens is 334 g/mol. The van der Waals surface area contributed by atoms with Crippen molar-refractivity contribution in [3.8, 4) is 0 Å².